The molecule has 0 aliphatic carbocycles. The summed E-state index contributed by atoms with van der Waals surface area (Å²) in [5.41, 5.74) is 8.17. The summed E-state index contributed by atoms with van der Waals surface area (Å²) in [4.78, 5) is 2.44. The number of hydrogen-bond donors (Lipinski definition) is 0. The minimum absolute atomic E-state index is 0.923. The maximum absolute atomic E-state index is 4.44. The van der Waals surface area contributed by atoms with Crippen LogP contribution in [0.4, 0.5) is 5.69 Å². The highest BCUT2D eigenvalue weighted by atomic mass is 15.1. The van der Waals surface area contributed by atoms with Crippen molar-refractivity contribution in [2.24, 2.45) is 0 Å². The molecule has 0 N–H and O–H groups in total. The van der Waals surface area contributed by atoms with Crippen LogP contribution >= 0.6 is 0 Å². The first-order chi connectivity index (χ1) is 12.1. The highest BCUT2D eigenvalue weighted by Crippen LogP contribution is 2.32. The summed E-state index contributed by atoms with van der Waals surface area (Å²) in [5, 5.41) is 0. The van der Waals surface area contributed by atoms with Gasteiger partial charge in [-0.3, -0.25) is 0 Å². The van der Waals surface area contributed by atoms with Crippen LogP contribution in [0.15, 0.2) is 73.0 Å². The van der Waals surface area contributed by atoms with E-state index in [0.29, 0.717) is 0 Å². The zero-order chi connectivity index (χ0) is 17.6. The van der Waals surface area contributed by atoms with Gasteiger partial charge in [0.15, 0.2) is 0 Å². The SMILES string of the molecule is C=C(C)CCCCC(=C)N1Cc2ccccc2CCc2ccccc21. The fourth-order valence-electron chi connectivity index (χ4n) is 3.64. The number of unbranched alkanes of at least 4 members (excludes halogenated alkanes) is 1. The van der Waals surface area contributed by atoms with E-state index in [1.807, 2.05) is 0 Å². The van der Waals surface area contributed by atoms with Crippen LogP contribution in [0.25, 0.3) is 0 Å². The number of nitrogens with zero attached hydrogens (tertiary/aromatic N) is 1. The Morgan fingerprint density at radius 3 is 2.20 bits per heavy atom. The molecule has 1 nitrogen and oxygen atoms in total. The molecule has 25 heavy (non-hydrogen) atoms. The lowest BCUT2D eigenvalue weighted by atomic mass is 9.95. The molecule has 2 aromatic rings. The lowest BCUT2D eigenvalue weighted by molar-refractivity contribution is 0.699. The lowest BCUT2D eigenvalue weighted by Crippen LogP contribution is -2.25. The van der Waals surface area contributed by atoms with Crippen molar-refractivity contribution < 1.29 is 0 Å². The van der Waals surface area contributed by atoms with Gasteiger partial charge in [-0.2, -0.15) is 0 Å². The van der Waals surface area contributed by atoms with E-state index in [1.165, 1.54) is 46.5 Å². The van der Waals surface area contributed by atoms with E-state index < -0.39 is 0 Å². The Labute approximate surface area is 152 Å². The van der Waals surface area contributed by atoms with Crippen molar-refractivity contribution >= 4 is 5.69 Å². The minimum Gasteiger partial charge on any atom is -0.341 e. The Balaban J connectivity index is 1.81. The predicted octanol–water partition coefficient (Wildman–Crippen LogP) is 6.44. The Hall–Kier alpha value is -2.28. The van der Waals surface area contributed by atoms with Gasteiger partial charge in [-0.1, -0.05) is 54.6 Å². The molecule has 0 aromatic heterocycles. The molecule has 0 atom stereocenters. The maximum Gasteiger partial charge on any atom is 0.0481 e. The zero-order valence-electron chi connectivity index (χ0n) is 15.4. The largest absolute Gasteiger partial charge is 0.341 e. The second kappa shape index (κ2) is 8.20. The molecule has 1 heterocycles. The molecule has 1 aliphatic heterocycles. The summed E-state index contributed by atoms with van der Waals surface area (Å²) in [6, 6.07) is 17.7. The molecule has 0 amide bonds. The summed E-state index contributed by atoms with van der Waals surface area (Å²) in [7, 11) is 0. The van der Waals surface area contributed by atoms with Crippen LogP contribution in [0.3, 0.4) is 0 Å². The summed E-state index contributed by atoms with van der Waals surface area (Å²) in [5.74, 6) is 0. The quantitative estimate of drug-likeness (QED) is 0.435. The topological polar surface area (TPSA) is 3.24 Å². The lowest BCUT2D eigenvalue weighted by Gasteiger charge is -2.32. The fraction of sp³-hybridized carbons (Fsp3) is 0.333. The second-order valence-corrected chi connectivity index (χ2v) is 7.21. The number of rotatable bonds is 6. The molecule has 0 spiro atoms. The first-order valence-corrected chi connectivity index (χ1v) is 9.39. The second-order valence-electron chi connectivity index (χ2n) is 7.21. The van der Waals surface area contributed by atoms with Crippen molar-refractivity contribution in [1.82, 2.24) is 0 Å². The van der Waals surface area contributed by atoms with Crippen molar-refractivity contribution in [3.63, 3.8) is 0 Å². The average Bonchev–Trinajstić information content (AvgIpc) is 2.60. The van der Waals surface area contributed by atoms with Gasteiger partial charge < -0.3 is 4.90 Å². The van der Waals surface area contributed by atoms with Crippen LogP contribution in [-0.4, -0.2) is 0 Å². The summed E-state index contributed by atoms with van der Waals surface area (Å²) < 4.78 is 0. The monoisotopic (exact) mass is 331 g/mol. The molecule has 130 valence electrons. The molecule has 0 fully saturated rings. The van der Waals surface area contributed by atoms with Gasteiger partial charge in [-0.05, 0) is 68.2 Å². The van der Waals surface area contributed by atoms with Crippen molar-refractivity contribution in [3.8, 4) is 0 Å². The van der Waals surface area contributed by atoms with E-state index in [2.05, 4.69) is 73.5 Å². The van der Waals surface area contributed by atoms with Gasteiger partial charge in [0.1, 0.15) is 0 Å². The van der Waals surface area contributed by atoms with Gasteiger partial charge in [-0.15, -0.1) is 6.58 Å². The number of hydrogen-bond acceptors (Lipinski definition) is 1. The molecule has 1 aliphatic rings. The highest BCUT2D eigenvalue weighted by molar-refractivity contribution is 5.59. The van der Waals surface area contributed by atoms with Crippen LogP contribution in [0, 0.1) is 0 Å². The molecule has 0 saturated carbocycles. The van der Waals surface area contributed by atoms with E-state index in [9.17, 15) is 0 Å². The molecule has 0 radical (unpaired) electrons. The van der Waals surface area contributed by atoms with E-state index in [1.54, 1.807) is 0 Å². The molecule has 0 bridgehead atoms. The molecule has 2 aromatic carbocycles. The third-order valence-electron chi connectivity index (χ3n) is 5.09. The normalized spacial score (nSPS) is 13.4. The van der Waals surface area contributed by atoms with Gasteiger partial charge in [0.05, 0.1) is 0 Å². The smallest absolute Gasteiger partial charge is 0.0481 e. The van der Waals surface area contributed by atoms with Crippen LogP contribution in [0.1, 0.15) is 49.3 Å². The minimum atomic E-state index is 0.923. The van der Waals surface area contributed by atoms with Gasteiger partial charge in [0, 0.05) is 17.9 Å². The van der Waals surface area contributed by atoms with E-state index in [0.717, 1.165) is 32.2 Å². The van der Waals surface area contributed by atoms with Crippen LogP contribution < -0.4 is 4.90 Å². The Morgan fingerprint density at radius 2 is 1.44 bits per heavy atom. The molecular weight excluding hydrogens is 302 g/mol. The standard InChI is InChI=1S/C24H29N/c1-19(2)10-4-5-11-20(3)25-18-23-14-7-6-12-21(23)16-17-22-13-8-9-15-24(22)25/h6-9,12-15H,1,3-5,10-11,16-18H2,2H3. The Kier molecular flexibility index (Phi) is 5.75. The Bertz CT molecular complexity index is 756. The first-order valence-electron chi connectivity index (χ1n) is 9.39. The van der Waals surface area contributed by atoms with Crippen LogP contribution in [0.2, 0.25) is 0 Å². The van der Waals surface area contributed by atoms with E-state index in [-0.39, 0.29) is 0 Å². The predicted molar refractivity (Wildman–Crippen MR) is 109 cm³/mol. The molecule has 0 unspecified atom stereocenters. The number of allylic oxidation sites excluding steroid dienone is 2. The third-order valence-corrected chi connectivity index (χ3v) is 5.09. The molecule has 1 heteroatoms. The van der Waals surface area contributed by atoms with Crippen molar-refractivity contribution in [2.75, 3.05) is 4.90 Å². The molecular formula is C24H29N. The van der Waals surface area contributed by atoms with E-state index >= 15 is 0 Å². The van der Waals surface area contributed by atoms with Crippen LogP contribution in [0.5, 0.6) is 0 Å². The van der Waals surface area contributed by atoms with Crippen molar-refractivity contribution in [3.05, 3.63) is 89.6 Å². The number of benzene rings is 2. The highest BCUT2D eigenvalue weighted by Gasteiger charge is 2.18. The van der Waals surface area contributed by atoms with Crippen molar-refractivity contribution in [2.45, 2.75) is 52.0 Å². The number of fused-ring (bicyclic) bond motifs is 2. The summed E-state index contributed by atoms with van der Waals surface area (Å²) >= 11 is 0. The van der Waals surface area contributed by atoms with Gasteiger partial charge in [0.25, 0.3) is 0 Å². The third kappa shape index (κ3) is 4.42. The average molecular weight is 332 g/mol. The van der Waals surface area contributed by atoms with Gasteiger partial charge >= 0.3 is 0 Å². The summed E-state index contributed by atoms with van der Waals surface area (Å²) in [6.45, 7) is 11.5. The summed E-state index contributed by atoms with van der Waals surface area (Å²) in [6.07, 6.45) is 6.74. The van der Waals surface area contributed by atoms with E-state index in [4.69, 9.17) is 0 Å². The van der Waals surface area contributed by atoms with Gasteiger partial charge in [0.2, 0.25) is 0 Å². The number of aryl methyl sites for hydroxylation is 2. The number of para-hydroxylation sites is 1. The maximum atomic E-state index is 4.44. The first kappa shape index (κ1) is 17.5. The number of anilines is 1. The molecule has 0 saturated heterocycles. The van der Waals surface area contributed by atoms with Crippen molar-refractivity contribution in [1.29, 1.82) is 0 Å². The fourth-order valence-corrected chi connectivity index (χ4v) is 3.64. The molecule has 3 rings (SSSR count). The Morgan fingerprint density at radius 1 is 0.840 bits per heavy atom. The van der Waals surface area contributed by atoms with Crippen LogP contribution in [-0.2, 0) is 19.4 Å². The van der Waals surface area contributed by atoms with Gasteiger partial charge in [-0.25, -0.2) is 0 Å². The zero-order valence-corrected chi connectivity index (χ0v) is 15.4.